The van der Waals surface area contributed by atoms with Crippen LogP contribution in [0.4, 0.5) is 9.59 Å². The Morgan fingerprint density at radius 2 is 1.39 bits per heavy atom. The van der Waals surface area contributed by atoms with Crippen LogP contribution in [0.3, 0.4) is 0 Å². The first-order valence-corrected chi connectivity index (χ1v) is 7.62. The van der Waals surface area contributed by atoms with Gasteiger partial charge in [-0.2, -0.15) is 25.9 Å². The van der Waals surface area contributed by atoms with E-state index >= 15 is 0 Å². The van der Waals surface area contributed by atoms with Crippen molar-refractivity contribution in [2.45, 2.75) is 0 Å². The van der Waals surface area contributed by atoms with E-state index in [9.17, 15) is 19.2 Å². The number of hydrogen-bond donors (Lipinski definition) is 2. The van der Waals surface area contributed by atoms with Gasteiger partial charge in [-0.3, -0.25) is 9.59 Å². The van der Waals surface area contributed by atoms with Crippen molar-refractivity contribution >= 4 is 24.0 Å². The van der Waals surface area contributed by atoms with Crippen LogP contribution in [0, 0.1) is 52.0 Å². The molecule has 0 radical (unpaired) electrons. The van der Waals surface area contributed by atoms with Crippen LogP contribution >= 0.6 is 0 Å². The van der Waals surface area contributed by atoms with E-state index in [1.54, 1.807) is 0 Å². The maximum Gasteiger partial charge on any atom is 0.423 e. The van der Waals surface area contributed by atoms with Crippen LogP contribution < -0.4 is 10.6 Å². The zero-order valence-corrected chi connectivity index (χ0v) is 15.4. The lowest BCUT2D eigenvalue weighted by atomic mass is 10.1. The molecule has 1 unspecified atom stereocenters. The van der Waals surface area contributed by atoms with Crippen LogP contribution in [0.15, 0.2) is 0 Å². The fourth-order valence-electron chi connectivity index (χ4n) is 1.46. The van der Waals surface area contributed by atoms with E-state index in [-0.39, 0.29) is 4.90 Å². The molecule has 0 aliphatic rings. The number of rotatable bonds is 12. The molecule has 0 spiro atoms. The second kappa shape index (κ2) is 15.9. The summed E-state index contributed by atoms with van der Waals surface area (Å²) in [4.78, 5) is 47.8. The first-order valence-electron chi connectivity index (χ1n) is 7.62. The minimum atomic E-state index is -1.69. The number of carbonyl (C=O) groups is 4. The van der Waals surface area contributed by atoms with Gasteiger partial charge in [-0.1, -0.05) is 0 Å². The van der Waals surface area contributed by atoms with Gasteiger partial charge in [0.05, 0.1) is 0 Å². The van der Waals surface area contributed by atoms with Crippen molar-refractivity contribution in [3.05, 3.63) is 0 Å². The molecule has 0 aromatic rings. The number of nitrogens with one attached hydrogen (secondary N) is 2. The highest BCUT2D eigenvalue weighted by Crippen LogP contribution is 2.04. The van der Waals surface area contributed by atoms with Gasteiger partial charge in [0.25, 0.3) is 25.0 Å². The third kappa shape index (κ3) is 10.7. The maximum atomic E-state index is 12.0. The molecule has 0 saturated carbocycles. The molecule has 0 rings (SSSR count). The zero-order chi connectivity index (χ0) is 23.5. The summed E-state index contributed by atoms with van der Waals surface area (Å²) < 4.78 is 26.0. The molecule has 0 aromatic carbocycles. The molecule has 4 amide bonds. The number of nitrogens with zero attached hydrogens (tertiary/aromatic N) is 5. The van der Waals surface area contributed by atoms with Crippen LogP contribution in [-0.4, -0.2) is 62.5 Å². The SMILES string of the molecule is N#COCNC(=O)C(COC#N)C(=O)OCOC(=O)N(COC#N)C(=O)NCOC#N. The quantitative estimate of drug-likeness (QED) is 0.112. The van der Waals surface area contributed by atoms with Crippen molar-refractivity contribution in [2.24, 2.45) is 5.92 Å². The smallest absolute Gasteiger partial charge is 0.423 e. The highest BCUT2D eigenvalue weighted by atomic mass is 16.7. The predicted molar refractivity (Wildman–Crippen MR) is 85.7 cm³/mol. The normalized spacial score (nSPS) is 9.55. The number of hydrogen-bond acceptors (Lipinski definition) is 14. The summed E-state index contributed by atoms with van der Waals surface area (Å²) in [6.45, 7) is -3.88. The summed E-state index contributed by atoms with van der Waals surface area (Å²) in [5.41, 5.74) is 0. The maximum absolute atomic E-state index is 12.0. The Balaban J connectivity index is 4.83. The summed E-state index contributed by atoms with van der Waals surface area (Å²) in [5, 5.41) is 37.2. The van der Waals surface area contributed by atoms with Gasteiger partial charge in [-0.15, -0.1) is 0 Å². The molecule has 164 valence electrons. The van der Waals surface area contributed by atoms with Crippen molar-refractivity contribution in [3.8, 4) is 25.0 Å². The van der Waals surface area contributed by atoms with Gasteiger partial charge in [-0.25, -0.2) is 9.59 Å². The monoisotopic (exact) mass is 439 g/mol. The highest BCUT2D eigenvalue weighted by Gasteiger charge is 2.30. The molecule has 17 heteroatoms. The second-order valence-electron chi connectivity index (χ2n) is 4.52. The van der Waals surface area contributed by atoms with Crippen LogP contribution in [0.2, 0.25) is 0 Å². The van der Waals surface area contributed by atoms with Crippen LogP contribution in [-0.2, 0) is 38.0 Å². The molecule has 1 atom stereocenters. The highest BCUT2D eigenvalue weighted by molar-refractivity contribution is 5.98. The molecule has 0 heterocycles. The van der Waals surface area contributed by atoms with Gasteiger partial charge in [-0.05, 0) is 0 Å². The Hall–Kier alpha value is -5.16. The van der Waals surface area contributed by atoms with Gasteiger partial charge in [0.2, 0.25) is 12.7 Å². The number of ether oxygens (including phenoxy) is 6. The molecule has 31 heavy (non-hydrogen) atoms. The van der Waals surface area contributed by atoms with Gasteiger partial charge in [0, 0.05) is 0 Å². The topological polar surface area (TPSA) is 246 Å². The van der Waals surface area contributed by atoms with E-state index < -0.39 is 63.5 Å². The molecular weight excluding hydrogens is 426 g/mol. The average molecular weight is 439 g/mol. The number of carbonyl (C=O) groups excluding carboxylic acids is 4. The molecule has 0 bridgehead atoms. The molecule has 2 N–H and O–H groups in total. The van der Waals surface area contributed by atoms with Crippen molar-refractivity contribution in [1.29, 1.82) is 21.0 Å². The Morgan fingerprint density at radius 1 is 0.806 bits per heavy atom. The number of esters is 1. The Bertz CT molecular complexity index is 740. The summed E-state index contributed by atoms with van der Waals surface area (Å²) in [6, 6.07) is -1.18. The lowest BCUT2D eigenvalue weighted by Crippen LogP contribution is -2.46. The van der Waals surface area contributed by atoms with Crippen molar-refractivity contribution in [3.63, 3.8) is 0 Å². The lowest BCUT2D eigenvalue weighted by Gasteiger charge is -2.19. The van der Waals surface area contributed by atoms with Crippen LogP contribution in [0.1, 0.15) is 0 Å². The molecule has 17 nitrogen and oxygen atoms in total. The standard InChI is InChI=1S/C14H13N7O10/c15-2-26-1-10(11(22)19-6-27-3-16)12(23)30-9-31-14(25)21(8-29-5-18)13(24)20-7-28-4-17/h10H,1,6-9H2,(H,19,22)(H,20,24). The van der Waals surface area contributed by atoms with Gasteiger partial charge in [0.15, 0.2) is 26.1 Å². The number of urea groups is 1. The van der Waals surface area contributed by atoms with Crippen molar-refractivity contribution < 1.29 is 47.6 Å². The minimum absolute atomic E-state index is 0.222. The van der Waals surface area contributed by atoms with E-state index in [1.807, 2.05) is 10.6 Å². The average Bonchev–Trinajstić information content (AvgIpc) is 2.74. The van der Waals surface area contributed by atoms with E-state index in [0.29, 0.717) is 0 Å². The number of nitriles is 4. The van der Waals surface area contributed by atoms with Crippen molar-refractivity contribution in [2.75, 3.05) is 33.6 Å². The van der Waals surface area contributed by atoms with E-state index in [2.05, 4.69) is 28.4 Å². The fourth-order valence-corrected chi connectivity index (χ4v) is 1.46. The third-order valence-electron chi connectivity index (χ3n) is 2.77. The molecule has 0 saturated heterocycles. The first-order chi connectivity index (χ1) is 14.9. The van der Waals surface area contributed by atoms with E-state index in [1.165, 1.54) is 25.0 Å². The summed E-state index contributed by atoms with van der Waals surface area (Å²) >= 11 is 0. The summed E-state index contributed by atoms with van der Waals surface area (Å²) in [7, 11) is 0. The zero-order valence-electron chi connectivity index (χ0n) is 15.4. The fraction of sp³-hybridized carbons (Fsp3) is 0.429. The van der Waals surface area contributed by atoms with E-state index in [0.717, 1.165) is 0 Å². The van der Waals surface area contributed by atoms with Crippen LogP contribution in [0.25, 0.3) is 0 Å². The lowest BCUT2D eigenvalue weighted by molar-refractivity contribution is -0.161. The molecule has 0 aliphatic carbocycles. The van der Waals surface area contributed by atoms with Crippen LogP contribution in [0.5, 0.6) is 0 Å². The third-order valence-corrected chi connectivity index (χ3v) is 2.77. The Kier molecular flexibility index (Phi) is 13.2. The Labute approximate surface area is 173 Å². The van der Waals surface area contributed by atoms with E-state index in [4.69, 9.17) is 21.0 Å². The summed E-state index contributed by atoms with van der Waals surface area (Å²) in [5.74, 6) is -4.00. The van der Waals surface area contributed by atoms with Crippen molar-refractivity contribution in [1.82, 2.24) is 15.5 Å². The minimum Gasteiger partial charge on any atom is -0.427 e. The van der Waals surface area contributed by atoms with Gasteiger partial charge < -0.3 is 39.1 Å². The number of imide groups is 1. The van der Waals surface area contributed by atoms with Gasteiger partial charge in [0.1, 0.15) is 6.61 Å². The first kappa shape index (κ1) is 25.8. The molecule has 0 aliphatic heterocycles. The largest absolute Gasteiger partial charge is 0.427 e. The molecular formula is C14H13N7O10. The second-order valence-corrected chi connectivity index (χ2v) is 4.52. The predicted octanol–water partition coefficient (Wildman–Crippen LogP) is -1.77. The Morgan fingerprint density at radius 3 is 1.97 bits per heavy atom. The van der Waals surface area contributed by atoms with Gasteiger partial charge >= 0.3 is 18.1 Å². The number of amides is 4. The molecule has 0 fully saturated rings. The molecule has 0 aromatic heterocycles. The summed E-state index contributed by atoms with van der Waals surface area (Å²) in [6.07, 6.45) is 3.53.